The summed E-state index contributed by atoms with van der Waals surface area (Å²) in [6.07, 6.45) is 0. The first kappa shape index (κ1) is 16.5. The highest BCUT2D eigenvalue weighted by Crippen LogP contribution is 2.38. The Morgan fingerprint density at radius 3 is 2.36 bits per heavy atom. The minimum atomic E-state index is 1.11. The molecule has 0 saturated heterocycles. The molecule has 0 unspecified atom stereocenters. The zero-order chi connectivity index (χ0) is 19.1. The van der Waals surface area contributed by atoms with Gasteiger partial charge in [-0.15, -0.1) is 0 Å². The van der Waals surface area contributed by atoms with Crippen LogP contribution in [-0.2, 0) is 0 Å². The lowest BCUT2D eigenvalue weighted by atomic mass is 10.1. The number of hydrogen-bond acceptors (Lipinski definition) is 0. The number of hydrogen-bond donors (Lipinski definition) is 1. The van der Waals surface area contributed by atoms with Crippen LogP contribution in [0.3, 0.4) is 0 Å². The average molecular weight is 360 g/mol. The highest BCUT2D eigenvalue weighted by atomic mass is 15.0. The second-order valence-corrected chi connectivity index (χ2v) is 6.59. The maximum Gasteiger partial charge on any atom is 0.0632 e. The Hall–Kier alpha value is -3.70. The largest absolute Gasteiger partial charge is 0.354 e. The summed E-state index contributed by atoms with van der Waals surface area (Å²) in [6.45, 7) is 4.00. The van der Waals surface area contributed by atoms with Crippen molar-refractivity contribution in [3.8, 4) is 5.69 Å². The number of aromatic amines is 1. The Morgan fingerprint density at radius 1 is 0.714 bits per heavy atom. The van der Waals surface area contributed by atoms with Gasteiger partial charge in [-0.25, -0.2) is 0 Å². The molecule has 2 heteroatoms. The first-order valence-electron chi connectivity index (χ1n) is 9.73. The van der Waals surface area contributed by atoms with Crippen LogP contribution in [0.4, 0.5) is 0 Å². The van der Waals surface area contributed by atoms with Crippen molar-refractivity contribution >= 4 is 43.6 Å². The molecule has 2 heterocycles. The lowest BCUT2D eigenvalue weighted by Gasteiger charge is -2.07. The van der Waals surface area contributed by atoms with Crippen molar-refractivity contribution in [3.63, 3.8) is 0 Å². The molecule has 28 heavy (non-hydrogen) atoms. The van der Waals surface area contributed by atoms with Crippen molar-refractivity contribution in [2.24, 2.45) is 0 Å². The second-order valence-electron chi connectivity index (χ2n) is 6.59. The van der Waals surface area contributed by atoms with Gasteiger partial charge in [-0.2, -0.15) is 0 Å². The SMILES string of the molecule is CC.c1ccc2c(c#1)c1c3c(ccc1n2-c1ccccc1)[nH]c1ccccc13. The van der Waals surface area contributed by atoms with E-state index in [4.69, 9.17) is 0 Å². The van der Waals surface area contributed by atoms with Gasteiger partial charge in [-0.1, -0.05) is 62.4 Å². The lowest BCUT2D eigenvalue weighted by molar-refractivity contribution is 1.18. The quantitative estimate of drug-likeness (QED) is 0.324. The normalized spacial score (nSPS) is 10.9. The molecule has 0 fully saturated rings. The van der Waals surface area contributed by atoms with Gasteiger partial charge >= 0.3 is 0 Å². The first-order chi connectivity index (χ1) is 13.9. The molecule has 0 bridgehead atoms. The van der Waals surface area contributed by atoms with Crippen LogP contribution in [0.1, 0.15) is 13.8 Å². The molecule has 2 aromatic heterocycles. The van der Waals surface area contributed by atoms with Gasteiger partial charge in [-0.05, 0) is 42.5 Å². The molecule has 0 saturated carbocycles. The Balaban J connectivity index is 0.000000829. The predicted octanol–water partition coefficient (Wildman–Crippen LogP) is 7.04. The van der Waals surface area contributed by atoms with Crippen molar-refractivity contribution in [1.29, 1.82) is 0 Å². The fourth-order valence-corrected chi connectivity index (χ4v) is 4.11. The van der Waals surface area contributed by atoms with Crippen LogP contribution >= 0.6 is 0 Å². The van der Waals surface area contributed by atoms with Crippen molar-refractivity contribution in [3.05, 3.63) is 91.0 Å². The topological polar surface area (TPSA) is 20.7 Å². The van der Waals surface area contributed by atoms with Crippen molar-refractivity contribution < 1.29 is 0 Å². The third-order valence-corrected chi connectivity index (χ3v) is 5.17. The highest BCUT2D eigenvalue weighted by molar-refractivity contribution is 6.27. The Kier molecular flexibility index (Phi) is 3.81. The maximum absolute atomic E-state index is 3.55. The Morgan fingerprint density at radius 2 is 1.50 bits per heavy atom. The van der Waals surface area contributed by atoms with E-state index < -0.39 is 0 Å². The molecular weight excluding hydrogens is 340 g/mol. The summed E-state index contributed by atoms with van der Waals surface area (Å²) in [5, 5.41) is 4.85. The number of para-hydroxylation sites is 2. The summed E-state index contributed by atoms with van der Waals surface area (Å²) in [7, 11) is 0. The minimum absolute atomic E-state index is 1.11. The van der Waals surface area contributed by atoms with Gasteiger partial charge in [-0.3, -0.25) is 0 Å². The van der Waals surface area contributed by atoms with Gasteiger partial charge in [0.1, 0.15) is 0 Å². The molecule has 0 radical (unpaired) electrons. The van der Waals surface area contributed by atoms with Crippen molar-refractivity contribution in [2.75, 3.05) is 0 Å². The summed E-state index contributed by atoms with van der Waals surface area (Å²) in [5.41, 5.74) is 5.83. The number of benzene rings is 3. The molecule has 0 atom stereocenters. The zero-order valence-electron chi connectivity index (χ0n) is 16.0. The van der Waals surface area contributed by atoms with Crippen LogP contribution in [0.2, 0.25) is 0 Å². The van der Waals surface area contributed by atoms with E-state index in [1.165, 1.54) is 21.7 Å². The lowest BCUT2D eigenvalue weighted by Crippen LogP contribution is -1.92. The summed E-state index contributed by atoms with van der Waals surface area (Å²) in [4.78, 5) is 3.55. The molecule has 6 aromatic rings. The van der Waals surface area contributed by atoms with E-state index in [9.17, 15) is 0 Å². The molecule has 134 valence electrons. The van der Waals surface area contributed by atoms with E-state index >= 15 is 0 Å². The van der Waals surface area contributed by atoms with E-state index in [2.05, 4.69) is 94.5 Å². The first-order valence-corrected chi connectivity index (χ1v) is 9.73. The Labute approximate surface area is 164 Å². The fourth-order valence-electron chi connectivity index (χ4n) is 4.11. The molecule has 0 spiro atoms. The van der Waals surface area contributed by atoms with Crippen LogP contribution in [0, 0.1) is 12.1 Å². The van der Waals surface area contributed by atoms with Gasteiger partial charge in [0.15, 0.2) is 0 Å². The summed E-state index contributed by atoms with van der Waals surface area (Å²) in [5.74, 6) is 0. The number of nitrogens with zero attached hydrogens (tertiary/aromatic N) is 1. The van der Waals surface area contributed by atoms with Crippen LogP contribution < -0.4 is 0 Å². The van der Waals surface area contributed by atoms with Crippen molar-refractivity contribution in [2.45, 2.75) is 13.8 Å². The third kappa shape index (κ3) is 2.23. The molecule has 4 aromatic carbocycles. The minimum Gasteiger partial charge on any atom is -0.354 e. The number of aromatic nitrogens is 2. The molecular formula is C26H20N2. The van der Waals surface area contributed by atoms with E-state index in [-0.39, 0.29) is 0 Å². The highest BCUT2D eigenvalue weighted by Gasteiger charge is 2.16. The number of rotatable bonds is 1. The van der Waals surface area contributed by atoms with E-state index in [1.807, 2.05) is 19.9 Å². The van der Waals surface area contributed by atoms with E-state index in [1.54, 1.807) is 0 Å². The summed E-state index contributed by atoms with van der Waals surface area (Å²) in [6, 6.07) is 34.0. The Bertz CT molecular complexity index is 1420. The molecule has 0 aliphatic carbocycles. The summed E-state index contributed by atoms with van der Waals surface area (Å²) >= 11 is 0. The molecule has 0 aliphatic heterocycles. The van der Waals surface area contributed by atoms with Gasteiger partial charge < -0.3 is 9.55 Å². The average Bonchev–Trinajstić information content (AvgIpc) is 3.31. The van der Waals surface area contributed by atoms with Crippen LogP contribution in [0.15, 0.2) is 78.9 Å². The van der Waals surface area contributed by atoms with Gasteiger partial charge in [0, 0.05) is 32.9 Å². The zero-order valence-corrected chi connectivity index (χ0v) is 16.0. The molecule has 2 nitrogen and oxygen atoms in total. The fraction of sp³-hybridized carbons (Fsp3) is 0.0769. The van der Waals surface area contributed by atoms with Gasteiger partial charge in [0.2, 0.25) is 0 Å². The second kappa shape index (κ2) is 6.48. The summed E-state index contributed by atoms with van der Waals surface area (Å²) < 4.78 is 2.32. The van der Waals surface area contributed by atoms with E-state index in [0.717, 1.165) is 27.6 Å². The molecule has 0 aliphatic rings. The molecule has 0 amide bonds. The number of nitrogens with one attached hydrogen (secondary N) is 1. The monoisotopic (exact) mass is 360 g/mol. The van der Waals surface area contributed by atoms with Crippen LogP contribution in [0.5, 0.6) is 0 Å². The molecule has 1 N–H and O–H groups in total. The van der Waals surface area contributed by atoms with Gasteiger partial charge in [0.05, 0.1) is 16.4 Å². The molecule has 6 rings (SSSR count). The smallest absolute Gasteiger partial charge is 0.0632 e. The van der Waals surface area contributed by atoms with Crippen LogP contribution in [-0.4, -0.2) is 9.55 Å². The predicted molar refractivity (Wildman–Crippen MR) is 119 cm³/mol. The number of fused-ring (bicyclic) bond motifs is 7. The standard InChI is InChI=1S/C24H14N2.C2H6/c1-2-8-16(9-3-1)26-21-13-7-5-11-18(21)24-22(26)15-14-20-23(24)17-10-4-6-12-19(17)25-20;1-2/h1-4,6-10,12-15,25H;1-2H3. The van der Waals surface area contributed by atoms with E-state index in [0.29, 0.717) is 0 Å². The third-order valence-electron chi connectivity index (χ3n) is 5.17. The van der Waals surface area contributed by atoms with Crippen LogP contribution in [0.25, 0.3) is 49.3 Å². The maximum atomic E-state index is 3.55. The number of H-pyrrole nitrogens is 1. The van der Waals surface area contributed by atoms with Crippen molar-refractivity contribution in [1.82, 2.24) is 9.55 Å². The van der Waals surface area contributed by atoms with Gasteiger partial charge in [0.25, 0.3) is 0 Å².